The topological polar surface area (TPSA) is 120 Å². The maximum absolute atomic E-state index is 13.6. The number of nitriles is 1. The smallest absolute Gasteiger partial charge is 0.259 e. The van der Waals surface area contributed by atoms with Crippen molar-refractivity contribution >= 4 is 11.8 Å². The number of amides is 2. The molecule has 0 aliphatic carbocycles. The van der Waals surface area contributed by atoms with Crippen LogP contribution in [0.4, 0.5) is 0 Å². The van der Waals surface area contributed by atoms with Crippen molar-refractivity contribution < 1.29 is 19.4 Å². The molecule has 9 nitrogen and oxygen atoms in total. The lowest BCUT2D eigenvalue weighted by molar-refractivity contribution is 0.0313. The number of aliphatic hydroxyl groups is 1. The molecular formula is C28H29N5O4. The molecule has 37 heavy (non-hydrogen) atoms. The van der Waals surface area contributed by atoms with Gasteiger partial charge in [-0.05, 0) is 42.8 Å². The quantitative estimate of drug-likeness (QED) is 0.554. The Morgan fingerprint density at radius 2 is 2.03 bits per heavy atom. The van der Waals surface area contributed by atoms with E-state index in [4.69, 9.17) is 10.00 Å². The summed E-state index contributed by atoms with van der Waals surface area (Å²) in [6.07, 6.45) is 4.30. The summed E-state index contributed by atoms with van der Waals surface area (Å²) in [5.74, 6) is -0.455. The number of rotatable bonds is 6. The maximum atomic E-state index is 13.6. The highest BCUT2D eigenvalue weighted by Gasteiger charge is 2.35. The predicted molar refractivity (Wildman–Crippen MR) is 137 cm³/mol. The van der Waals surface area contributed by atoms with E-state index in [1.165, 1.54) is 6.20 Å². The Bertz CT molecular complexity index is 1310. The van der Waals surface area contributed by atoms with E-state index in [9.17, 15) is 14.7 Å². The van der Waals surface area contributed by atoms with Crippen molar-refractivity contribution in [1.82, 2.24) is 19.8 Å². The highest BCUT2D eigenvalue weighted by atomic mass is 16.5. The van der Waals surface area contributed by atoms with Gasteiger partial charge in [0.15, 0.2) is 0 Å². The Hall–Kier alpha value is -4.29. The lowest BCUT2D eigenvalue weighted by Gasteiger charge is -2.37. The minimum atomic E-state index is -0.459. The number of benzene rings is 1. The largest absolute Gasteiger partial charge is 0.472 e. The van der Waals surface area contributed by atoms with E-state index in [1.807, 2.05) is 6.92 Å². The minimum absolute atomic E-state index is 0.157. The SMILES string of the molecule is C[C@H](CO)N1C[C@H](C)[C@H](CN(C)C(=O)c2cccnc2)Oc2ncc(-c3ccc(C#N)cc3)cc2C1=O. The molecule has 1 N–H and O–H groups in total. The molecule has 0 saturated heterocycles. The fourth-order valence-electron chi connectivity index (χ4n) is 4.28. The normalized spacial score (nSPS) is 18.0. The van der Waals surface area contributed by atoms with Crippen LogP contribution in [0.2, 0.25) is 0 Å². The second-order valence-corrected chi connectivity index (χ2v) is 9.32. The van der Waals surface area contributed by atoms with Crippen molar-refractivity contribution in [2.24, 2.45) is 5.92 Å². The van der Waals surface area contributed by atoms with E-state index in [-0.39, 0.29) is 42.3 Å². The summed E-state index contributed by atoms with van der Waals surface area (Å²) in [5, 5.41) is 19.0. The Labute approximate surface area is 216 Å². The van der Waals surface area contributed by atoms with E-state index in [1.54, 1.807) is 78.6 Å². The molecule has 3 atom stereocenters. The monoisotopic (exact) mass is 499 g/mol. The first-order chi connectivity index (χ1) is 17.8. The summed E-state index contributed by atoms with van der Waals surface area (Å²) in [6.45, 7) is 4.15. The zero-order valence-electron chi connectivity index (χ0n) is 21.0. The molecule has 1 aliphatic rings. The number of fused-ring (bicyclic) bond motifs is 1. The zero-order valence-corrected chi connectivity index (χ0v) is 21.0. The zero-order chi connectivity index (χ0) is 26.5. The van der Waals surface area contributed by atoms with Gasteiger partial charge in [0.05, 0.1) is 36.4 Å². The molecule has 3 heterocycles. The Morgan fingerprint density at radius 1 is 1.27 bits per heavy atom. The van der Waals surface area contributed by atoms with Gasteiger partial charge in [-0.3, -0.25) is 14.6 Å². The highest BCUT2D eigenvalue weighted by molar-refractivity contribution is 5.98. The molecule has 9 heteroatoms. The summed E-state index contributed by atoms with van der Waals surface area (Å²) in [5.41, 5.74) is 2.79. The van der Waals surface area contributed by atoms with Crippen molar-refractivity contribution in [2.45, 2.75) is 26.0 Å². The number of ether oxygens (including phenoxy) is 1. The highest BCUT2D eigenvalue weighted by Crippen LogP contribution is 2.30. The minimum Gasteiger partial charge on any atom is -0.472 e. The number of likely N-dealkylation sites (N-methyl/N-ethyl adjacent to an activating group) is 1. The standard InChI is InChI=1S/C28H29N5O4/c1-18-15-33(19(2)17-34)28(36)24-11-23(21-8-6-20(12-29)7-9-21)14-31-26(24)37-25(18)16-32(3)27(35)22-5-4-10-30-13-22/h4-11,13-14,18-19,25,34H,15-17H2,1-3H3/t18-,19+,25-/m0/s1. The van der Waals surface area contributed by atoms with Gasteiger partial charge in [-0.1, -0.05) is 19.1 Å². The first-order valence-corrected chi connectivity index (χ1v) is 12.1. The van der Waals surface area contributed by atoms with Gasteiger partial charge in [0.1, 0.15) is 11.7 Å². The summed E-state index contributed by atoms with van der Waals surface area (Å²) in [6, 6.07) is 13.8. The van der Waals surface area contributed by atoms with Crippen LogP contribution in [0.25, 0.3) is 11.1 Å². The van der Waals surface area contributed by atoms with E-state index in [0.29, 0.717) is 23.2 Å². The average Bonchev–Trinajstić information content (AvgIpc) is 2.94. The van der Waals surface area contributed by atoms with Crippen LogP contribution in [0.1, 0.15) is 40.1 Å². The van der Waals surface area contributed by atoms with Crippen LogP contribution in [0.15, 0.2) is 61.1 Å². The van der Waals surface area contributed by atoms with Gasteiger partial charge in [0, 0.05) is 43.7 Å². The fourth-order valence-corrected chi connectivity index (χ4v) is 4.28. The molecule has 2 amide bonds. The number of pyridine rings is 2. The molecule has 3 aromatic rings. The van der Waals surface area contributed by atoms with Crippen LogP contribution in [-0.2, 0) is 0 Å². The molecule has 0 unspecified atom stereocenters. The van der Waals surface area contributed by atoms with Crippen LogP contribution in [0.3, 0.4) is 0 Å². The van der Waals surface area contributed by atoms with Gasteiger partial charge in [0.25, 0.3) is 11.8 Å². The van der Waals surface area contributed by atoms with Crippen molar-refractivity contribution in [2.75, 3.05) is 26.7 Å². The van der Waals surface area contributed by atoms with E-state index < -0.39 is 12.1 Å². The van der Waals surface area contributed by atoms with Gasteiger partial charge in [-0.25, -0.2) is 4.98 Å². The number of hydrogen-bond acceptors (Lipinski definition) is 7. The summed E-state index contributed by atoms with van der Waals surface area (Å²) in [4.78, 5) is 38.3. The average molecular weight is 500 g/mol. The molecular weight excluding hydrogens is 470 g/mol. The molecule has 1 aromatic carbocycles. The van der Waals surface area contributed by atoms with Crippen molar-refractivity contribution in [3.63, 3.8) is 0 Å². The van der Waals surface area contributed by atoms with E-state index in [2.05, 4.69) is 16.0 Å². The summed E-state index contributed by atoms with van der Waals surface area (Å²) >= 11 is 0. The first-order valence-electron chi connectivity index (χ1n) is 12.1. The fraction of sp³-hybridized carbons (Fsp3) is 0.321. The number of aliphatic hydroxyl groups excluding tert-OH is 1. The van der Waals surface area contributed by atoms with Gasteiger partial charge < -0.3 is 19.6 Å². The van der Waals surface area contributed by atoms with Crippen molar-refractivity contribution in [3.8, 4) is 23.1 Å². The molecule has 190 valence electrons. The van der Waals surface area contributed by atoms with Gasteiger partial charge in [0.2, 0.25) is 5.88 Å². The second-order valence-electron chi connectivity index (χ2n) is 9.32. The third-order valence-corrected chi connectivity index (χ3v) is 6.58. The number of carbonyl (C=O) groups excluding carboxylic acids is 2. The Balaban J connectivity index is 1.68. The predicted octanol–water partition coefficient (Wildman–Crippen LogP) is 3.01. The van der Waals surface area contributed by atoms with Gasteiger partial charge in [-0.15, -0.1) is 0 Å². The summed E-state index contributed by atoms with van der Waals surface area (Å²) in [7, 11) is 1.70. The van der Waals surface area contributed by atoms with E-state index >= 15 is 0 Å². The lowest BCUT2D eigenvalue weighted by atomic mass is 9.99. The molecule has 0 radical (unpaired) electrons. The first kappa shape index (κ1) is 25.8. The second kappa shape index (κ2) is 11.2. The lowest BCUT2D eigenvalue weighted by Crippen LogP contribution is -2.50. The van der Waals surface area contributed by atoms with E-state index in [0.717, 1.165) is 5.56 Å². The van der Waals surface area contributed by atoms with Crippen LogP contribution in [0.5, 0.6) is 5.88 Å². The molecule has 0 fully saturated rings. The van der Waals surface area contributed by atoms with Crippen molar-refractivity contribution in [1.29, 1.82) is 5.26 Å². The molecule has 0 saturated carbocycles. The van der Waals surface area contributed by atoms with Crippen LogP contribution >= 0.6 is 0 Å². The number of carbonyl (C=O) groups is 2. The maximum Gasteiger partial charge on any atom is 0.259 e. The van der Waals surface area contributed by atoms with Gasteiger partial charge >= 0.3 is 0 Å². The molecule has 0 bridgehead atoms. The number of nitrogens with zero attached hydrogens (tertiary/aromatic N) is 5. The molecule has 2 aromatic heterocycles. The third-order valence-electron chi connectivity index (χ3n) is 6.58. The molecule has 0 spiro atoms. The Morgan fingerprint density at radius 3 is 2.68 bits per heavy atom. The molecule has 1 aliphatic heterocycles. The van der Waals surface area contributed by atoms with Crippen LogP contribution in [0, 0.1) is 17.2 Å². The third kappa shape index (κ3) is 5.60. The summed E-state index contributed by atoms with van der Waals surface area (Å²) < 4.78 is 6.29. The number of aromatic nitrogens is 2. The van der Waals surface area contributed by atoms with Gasteiger partial charge in [-0.2, -0.15) is 5.26 Å². The Kier molecular flexibility index (Phi) is 7.80. The van der Waals surface area contributed by atoms with Crippen LogP contribution < -0.4 is 4.74 Å². The van der Waals surface area contributed by atoms with Crippen LogP contribution in [-0.4, -0.2) is 75.6 Å². The van der Waals surface area contributed by atoms with Crippen molar-refractivity contribution in [3.05, 3.63) is 77.7 Å². The number of hydrogen-bond donors (Lipinski definition) is 1. The molecule has 4 rings (SSSR count).